The van der Waals surface area contributed by atoms with Crippen LogP contribution in [0.15, 0.2) is 42.5 Å². The van der Waals surface area contributed by atoms with Gasteiger partial charge in [0.15, 0.2) is 11.5 Å². The lowest BCUT2D eigenvalue weighted by Gasteiger charge is -2.19. The standard InChI is InChI=1S/C21H23NO4/c1-4-22(13-16-6-9-19-20(12-16)26-14-25-19)21(23)10-7-17-11-15(2)5-8-18(17)24-3/h5-12H,4,13-14H2,1-3H3/b10-7+. The summed E-state index contributed by atoms with van der Waals surface area (Å²) in [6.07, 6.45) is 3.39. The molecule has 0 aromatic heterocycles. The highest BCUT2D eigenvalue weighted by Gasteiger charge is 2.15. The van der Waals surface area contributed by atoms with Crippen LogP contribution in [0.3, 0.4) is 0 Å². The van der Waals surface area contributed by atoms with Gasteiger partial charge in [0.05, 0.1) is 7.11 Å². The molecule has 1 aliphatic heterocycles. The topological polar surface area (TPSA) is 48.0 Å². The fraction of sp³-hybridized carbons (Fsp3) is 0.286. The van der Waals surface area contributed by atoms with Gasteiger partial charge in [-0.25, -0.2) is 0 Å². The van der Waals surface area contributed by atoms with Crippen LogP contribution < -0.4 is 14.2 Å². The van der Waals surface area contributed by atoms with E-state index in [1.807, 2.05) is 50.2 Å². The molecule has 1 amide bonds. The van der Waals surface area contributed by atoms with Crippen molar-refractivity contribution in [2.24, 2.45) is 0 Å². The number of ether oxygens (including phenoxy) is 3. The van der Waals surface area contributed by atoms with E-state index in [0.29, 0.717) is 13.1 Å². The van der Waals surface area contributed by atoms with Gasteiger partial charge in [-0.3, -0.25) is 4.79 Å². The maximum atomic E-state index is 12.6. The van der Waals surface area contributed by atoms with Gasteiger partial charge in [0.2, 0.25) is 12.7 Å². The number of carbonyl (C=O) groups is 1. The molecular weight excluding hydrogens is 330 g/mol. The zero-order valence-electron chi connectivity index (χ0n) is 15.3. The molecule has 0 spiro atoms. The van der Waals surface area contributed by atoms with E-state index in [4.69, 9.17) is 14.2 Å². The number of likely N-dealkylation sites (N-methyl/N-ethyl adjacent to an activating group) is 1. The minimum Gasteiger partial charge on any atom is -0.496 e. The van der Waals surface area contributed by atoms with E-state index in [1.54, 1.807) is 24.2 Å². The molecule has 5 heteroatoms. The van der Waals surface area contributed by atoms with E-state index in [-0.39, 0.29) is 12.7 Å². The number of carbonyl (C=O) groups excluding carboxylic acids is 1. The van der Waals surface area contributed by atoms with Crippen molar-refractivity contribution >= 4 is 12.0 Å². The first-order valence-corrected chi connectivity index (χ1v) is 8.61. The van der Waals surface area contributed by atoms with Crippen LogP contribution >= 0.6 is 0 Å². The van der Waals surface area contributed by atoms with Gasteiger partial charge in [0.1, 0.15) is 5.75 Å². The quantitative estimate of drug-likeness (QED) is 0.741. The average Bonchev–Trinajstić information content (AvgIpc) is 3.12. The third kappa shape index (κ3) is 3.99. The molecule has 0 unspecified atom stereocenters. The Labute approximate surface area is 153 Å². The minimum absolute atomic E-state index is 0.0475. The Hall–Kier alpha value is -2.95. The number of hydrogen-bond acceptors (Lipinski definition) is 4. The SMILES string of the molecule is CCN(Cc1ccc2c(c1)OCO2)C(=O)/C=C/c1cc(C)ccc1OC. The molecule has 0 atom stereocenters. The van der Waals surface area contributed by atoms with Crippen LogP contribution in [-0.4, -0.2) is 31.3 Å². The van der Waals surface area contributed by atoms with Crippen LogP contribution in [0.1, 0.15) is 23.6 Å². The fourth-order valence-electron chi connectivity index (χ4n) is 2.86. The summed E-state index contributed by atoms with van der Waals surface area (Å²) in [7, 11) is 1.63. The predicted octanol–water partition coefficient (Wildman–Crippen LogP) is 3.79. The lowest BCUT2D eigenvalue weighted by atomic mass is 10.1. The van der Waals surface area contributed by atoms with Crippen molar-refractivity contribution in [1.82, 2.24) is 4.90 Å². The molecule has 0 radical (unpaired) electrons. The fourth-order valence-corrected chi connectivity index (χ4v) is 2.86. The van der Waals surface area contributed by atoms with Crippen LogP contribution in [0.2, 0.25) is 0 Å². The van der Waals surface area contributed by atoms with E-state index in [2.05, 4.69) is 0 Å². The minimum atomic E-state index is -0.0475. The van der Waals surface area contributed by atoms with Crippen molar-refractivity contribution in [3.8, 4) is 17.2 Å². The van der Waals surface area contributed by atoms with Gasteiger partial charge < -0.3 is 19.1 Å². The smallest absolute Gasteiger partial charge is 0.246 e. The van der Waals surface area contributed by atoms with E-state index in [1.165, 1.54) is 0 Å². The third-order valence-corrected chi connectivity index (χ3v) is 4.29. The summed E-state index contributed by atoms with van der Waals surface area (Å²) in [5.74, 6) is 2.17. The molecule has 136 valence electrons. The Balaban J connectivity index is 1.72. The summed E-state index contributed by atoms with van der Waals surface area (Å²) in [5, 5.41) is 0. The first kappa shape index (κ1) is 17.9. The second kappa shape index (κ2) is 7.95. The summed E-state index contributed by atoms with van der Waals surface area (Å²) in [6, 6.07) is 11.6. The number of hydrogen-bond donors (Lipinski definition) is 0. The number of rotatable bonds is 6. The Morgan fingerprint density at radius 1 is 1.19 bits per heavy atom. The molecular formula is C21H23NO4. The molecule has 0 N–H and O–H groups in total. The summed E-state index contributed by atoms with van der Waals surface area (Å²) in [5.41, 5.74) is 3.01. The molecule has 5 nitrogen and oxygen atoms in total. The van der Waals surface area contributed by atoms with E-state index < -0.39 is 0 Å². The molecule has 3 rings (SSSR count). The van der Waals surface area contributed by atoms with Crippen LogP contribution in [0.5, 0.6) is 17.2 Å². The number of benzene rings is 2. The first-order chi connectivity index (χ1) is 12.6. The largest absolute Gasteiger partial charge is 0.496 e. The predicted molar refractivity (Wildman–Crippen MR) is 100 cm³/mol. The van der Waals surface area contributed by atoms with Crippen molar-refractivity contribution in [1.29, 1.82) is 0 Å². The maximum Gasteiger partial charge on any atom is 0.246 e. The molecule has 0 saturated carbocycles. The van der Waals surface area contributed by atoms with Crippen molar-refractivity contribution in [2.45, 2.75) is 20.4 Å². The summed E-state index contributed by atoms with van der Waals surface area (Å²) >= 11 is 0. The normalized spacial score (nSPS) is 12.4. The molecule has 0 bridgehead atoms. The summed E-state index contributed by atoms with van der Waals surface area (Å²) < 4.78 is 16.1. The molecule has 26 heavy (non-hydrogen) atoms. The van der Waals surface area contributed by atoms with Gasteiger partial charge in [-0.05, 0) is 49.8 Å². The molecule has 1 heterocycles. The van der Waals surface area contributed by atoms with Crippen molar-refractivity contribution < 1.29 is 19.0 Å². The summed E-state index contributed by atoms with van der Waals surface area (Å²) in [4.78, 5) is 14.4. The van der Waals surface area contributed by atoms with Gasteiger partial charge in [0, 0.05) is 24.7 Å². The Morgan fingerprint density at radius 3 is 2.77 bits per heavy atom. The molecule has 0 aliphatic carbocycles. The molecule has 2 aromatic rings. The molecule has 0 fully saturated rings. The van der Waals surface area contributed by atoms with E-state index in [0.717, 1.165) is 33.9 Å². The number of nitrogens with zero attached hydrogens (tertiary/aromatic N) is 1. The number of aryl methyl sites for hydroxylation is 1. The lowest BCUT2D eigenvalue weighted by molar-refractivity contribution is -0.126. The molecule has 0 saturated heterocycles. The van der Waals surface area contributed by atoms with Crippen LogP contribution in [-0.2, 0) is 11.3 Å². The molecule has 2 aromatic carbocycles. The zero-order chi connectivity index (χ0) is 18.5. The third-order valence-electron chi connectivity index (χ3n) is 4.29. The summed E-state index contributed by atoms with van der Waals surface area (Å²) in [6.45, 7) is 5.35. The van der Waals surface area contributed by atoms with Gasteiger partial charge in [0.25, 0.3) is 0 Å². The zero-order valence-corrected chi connectivity index (χ0v) is 15.3. The Bertz CT molecular complexity index is 829. The second-order valence-corrected chi connectivity index (χ2v) is 6.12. The van der Waals surface area contributed by atoms with Crippen LogP contribution in [0.25, 0.3) is 6.08 Å². The number of fused-ring (bicyclic) bond motifs is 1. The monoisotopic (exact) mass is 353 g/mol. The van der Waals surface area contributed by atoms with Crippen molar-refractivity contribution in [2.75, 3.05) is 20.4 Å². The highest BCUT2D eigenvalue weighted by molar-refractivity contribution is 5.92. The van der Waals surface area contributed by atoms with Gasteiger partial charge in [-0.2, -0.15) is 0 Å². The van der Waals surface area contributed by atoms with Gasteiger partial charge >= 0.3 is 0 Å². The Kier molecular flexibility index (Phi) is 5.46. The van der Waals surface area contributed by atoms with Gasteiger partial charge in [-0.15, -0.1) is 0 Å². The number of methoxy groups -OCH3 is 1. The Morgan fingerprint density at radius 2 is 2.00 bits per heavy atom. The van der Waals surface area contributed by atoms with Crippen LogP contribution in [0.4, 0.5) is 0 Å². The second-order valence-electron chi connectivity index (χ2n) is 6.12. The molecule has 1 aliphatic rings. The first-order valence-electron chi connectivity index (χ1n) is 8.61. The van der Waals surface area contributed by atoms with Crippen molar-refractivity contribution in [3.63, 3.8) is 0 Å². The van der Waals surface area contributed by atoms with E-state index >= 15 is 0 Å². The van der Waals surface area contributed by atoms with Gasteiger partial charge in [-0.1, -0.05) is 17.7 Å². The van der Waals surface area contributed by atoms with E-state index in [9.17, 15) is 4.79 Å². The number of amides is 1. The van der Waals surface area contributed by atoms with Crippen LogP contribution in [0, 0.1) is 6.92 Å². The van der Waals surface area contributed by atoms with Crippen molar-refractivity contribution in [3.05, 3.63) is 59.2 Å². The highest BCUT2D eigenvalue weighted by Crippen LogP contribution is 2.32. The lowest BCUT2D eigenvalue weighted by Crippen LogP contribution is -2.28. The maximum absolute atomic E-state index is 12.6. The average molecular weight is 353 g/mol. The highest BCUT2D eigenvalue weighted by atomic mass is 16.7.